The third-order valence-corrected chi connectivity index (χ3v) is 2.02. The first-order chi connectivity index (χ1) is 5.00. The van der Waals surface area contributed by atoms with Gasteiger partial charge in [-0.05, 0) is 11.5 Å². The molecule has 2 nitrogen and oxygen atoms in total. The Labute approximate surface area is 67.7 Å². The van der Waals surface area contributed by atoms with Crippen molar-refractivity contribution in [2.45, 2.75) is 33.2 Å². The third kappa shape index (κ3) is 2.07. The molecular weight excluding hydrogens is 138 g/mol. The standard InChI is InChI=1S/C9H15NO/c1-9(2,3)8-6-7(11)4-5-10-8/h4-5,8,10H,6H2,1-3H3. The highest BCUT2D eigenvalue weighted by molar-refractivity contribution is 5.90. The molecule has 0 aromatic heterocycles. The molecule has 0 saturated carbocycles. The smallest absolute Gasteiger partial charge is 0.159 e. The van der Waals surface area contributed by atoms with Crippen molar-refractivity contribution in [2.75, 3.05) is 0 Å². The van der Waals surface area contributed by atoms with E-state index in [-0.39, 0.29) is 11.2 Å². The lowest BCUT2D eigenvalue weighted by Crippen LogP contribution is -2.41. The van der Waals surface area contributed by atoms with Crippen LogP contribution in [0.15, 0.2) is 12.3 Å². The minimum atomic E-state index is 0.167. The average molecular weight is 153 g/mol. The summed E-state index contributed by atoms with van der Waals surface area (Å²) in [5.74, 6) is 0.226. The molecule has 1 aliphatic rings. The van der Waals surface area contributed by atoms with E-state index < -0.39 is 0 Å². The lowest BCUT2D eigenvalue weighted by Gasteiger charge is -2.32. The summed E-state index contributed by atoms with van der Waals surface area (Å²) in [7, 11) is 0. The molecule has 0 saturated heterocycles. The van der Waals surface area contributed by atoms with Gasteiger partial charge in [0.05, 0.1) is 0 Å². The molecule has 0 bridgehead atoms. The number of carbonyl (C=O) groups is 1. The van der Waals surface area contributed by atoms with Crippen molar-refractivity contribution in [3.8, 4) is 0 Å². The summed E-state index contributed by atoms with van der Waals surface area (Å²) in [6.45, 7) is 6.41. The second kappa shape index (κ2) is 2.68. The molecule has 0 aromatic carbocycles. The molecule has 0 fully saturated rings. The Balaban J connectivity index is 2.64. The SMILES string of the molecule is CC(C)(C)C1CC(=O)C=CN1. The van der Waals surface area contributed by atoms with E-state index in [1.165, 1.54) is 0 Å². The van der Waals surface area contributed by atoms with Crippen LogP contribution in [0.25, 0.3) is 0 Å². The Hall–Kier alpha value is -0.790. The van der Waals surface area contributed by atoms with E-state index in [4.69, 9.17) is 0 Å². The fraction of sp³-hybridized carbons (Fsp3) is 0.667. The highest BCUT2D eigenvalue weighted by atomic mass is 16.1. The number of rotatable bonds is 0. The maximum absolute atomic E-state index is 11.0. The summed E-state index contributed by atoms with van der Waals surface area (Å²) < 4.78 is 0. The second-order valence-corrected chi connectivity index (χ2v) is 4.09. The van der Waals surface area contributed by atoms with E-state index >= 15 is 0 Å². The van der Waals surface area contributed by atoms with E-state index in [2.05, 4.69) is 26.1 Å². The fourth-order valence-electron chi connectivity index (χ4n) is 1.14. The van der Waals surface area contributed by atoms with Crippen LogP contribution in [0.1, 0.15) is 27.2 Å². The zero-order valence-corrected chi connectivity index (χ0v) is 7.35. The van der Waals surface area contributed by atoms with Gasteiger partial charge in [0.1, 0.15) is 0 Å². The highest BCUT2D eigenvalue weighted by Gasteiger charge is 2.26. The molecule has 1 N–H and O–H groups in total. The van der Waals surface area contributed by atoms with E-state index in [1.54, 1.807) is 12.3 Å². The van der Waals surface area contributed by atoms with Gasteiger partial charge < -0.3 is 5.32 Å². The van der Waals surface area contributed by atoms with Gasteiger partial charge in [0.2, 0.25) is 0 Å². The molecule has 0 radical (unpaired) electrons. The number of hydrogen-bond acceptors (Lipinski definition) is 2. The van der Waals surface area contributed by atoms with Gasteiger partial charge in [0.25, 0.3) is 0 Å². The van der Waals surface area contributed by atoms with Crippen LogP contribution in [-0.2, 0) is 4.79 Å². The molecular formula is C9H15NO. The number of carbonyl (C=O) groups excluding carboxylic acids is 1. The van der Waals surface area contributed by atoms with Crippen LogP contribution in [0.5, 0.6) is 0 Å². The molecule has 1 aliphatic heterocycles. The van der Waals surface area contributed by atoms with Gasteiger partial charge in [0, 0.05) is 18.7 Å². The summed E-state index contributed by atoms with van der Waals surface area (Å²) in [6, 6.07) is 0.292. The predicted molar refractivity (Wildman–Crippen MR) is 45.1 cm³/mol. The molecule has 62 valence electrons. The minimum Gasteiger partial charge on any atom is -0.387 e. The Morgan fingerprint density at radius 2 is 2.18 bits per heavy atom. The molecule has 2 heteroatoms. The summed E-state index contributed by atoms with van der Waals surface area (Å²) in [6.07, 6.45) is 3.98. The molecule has 1 unspecified atom stereocenters. The van der Waals surface area contributed by atoms with Crippen molar-refractivity contribution in [2.24, 2.45) is 5.41 Å². The van der Waals surface area contributed by atoms with Gasteiger partial charge in [-0.2, -0.15) is 0 Å². The van der Waals surface area contributed by atoms with Gasteiger partial charge in [-0.3, -0.25) is 4.79 Å². The largest absolute Gasteiger partial charge is 0.387 e. The topological polar surface area (TPSA) is 29.1 Å². The monoisotopic (exact) mass is 153 g/mol. The normalized spacial score (nSPS) is 25.0. The van der Waals surface area contributed by atoms with Crippen molar-refractivity contribution in [3.05, 3.63) is 12.3 Å². The summed E-state index contributed by atoms with van der Waals surface area (Å²) in [5.41, 5.74) is 0.167. The van der Waals surface area contributed by atoms with Gasteiger partial charge in [-0.25, -0.2) is 0 Å². The van der Waals surface area contributed by atoms with E-state index in [0.717, 1.165) is 0 Å². The lowest BCUT2D eigenvalue weighted by molar-refractivity contribution is -0.116. The Kier molecular flexibility index (Phi) is 2.03. The van der Waals surface area contributed by atoms with Crippen molar-refractivity contribution in [1.82, 2.24) is 5.32 Å². The van der Waals surface area contributed by atoms with Crippen LogP contribution in [0.2, 0.25) is 0 Å². The summed E-state index contributed by atoms with van der Waals surface area (Å²) >= 11 is 0. The first-order valence-electron chi connectivity index (χ1n) is 3.95. The molecule has 0 spiro atoms. The first kappa shape index (κ1) is 8.31. The van der Waals surface area contributed by atoms with Crippen LogP contribution in [0.4, 0.5) is 0 Å². The van der Waals surface area contributed by atoms with Crippen LogP contribution in [0, 0.1) is 5.41 Å². The highest BCUT2D eigenvalue weighted by Crippen LogP contribution is 2.23. The molecule has 1 heterocycles. The van der Waals surface area contributed by atoms with Crippen molar-refractivity contribution >= 4 is 5.78 Å². The van der Waals surface area contributed by atoms with E-state index in [9.17, 15) is 4.79 Å². The Bertz CT molecular complexity index is 188. The van der Waals surface area contributed by atoms with E-state index in [1.807, 2.05) is 0 Å². The zero-order chi connectivity index (χ0) is 8.48. The van der Waals surface area contributed by atoms with Crippen molar-refractivity contribution in [3.63, 3.8) is 0 Å². The van der Waals surface area contributed by atoms with Crippen molar-refractivity contribution in [1.29, 1.82) is 0 Å². The average Bonchev–Trinajstić information content (AvgIpc) is 1.86. The quantitative estimate of drug-likeness (QED) is 0.571. The molecule has 1 rings (SSSR count). The molecule has 0 aromatic rings. The van der Waals surface area contributed by atoms with E-state index in [0.29, 0.717) is 12.5 Å². The Morgan fingerprint density at radius 3 is 2.55 bits per heavy atom. The number of allylic oxidation sites excluding steroid dienone is 1. The third-order valence-electron chi connectivity index (χ3n) is 2.02. The maximum atomic E-state index is 11.0. The van der Waals surface area contributed by atoms with Crippen LogP contribution < -0.4 is 5.32 Å². The van der Waals surface area contributed by atoms with Gasteiger partial charge in [-0.1, -0.05) is 20.8 Å². The number of ketones is 1. The number of hydrogen-bond donors (Lipinski definition) is 1. The molecule has 0 aliphatic carbocycles. The summed E-state index contributed by atoms with van der Waals surface area (Å²) in [5, 5.41) is 3.19. The molecule has 11 heavy (non-hydrogen) atoms. The fourth-order valence-corrected chi connectivity index (χ4v) is 1.14. The molecule has 0 amide bonds. The predicted octanol–water partition coefficient (Wildman–Crippen LogP) is 1.48. The van der Waals surface area contributed by atoms with Crippen molar-refractivity contribution < 1.29 is 4.79 Å². The summed E-state index contributed by atoms with van der Waals surface area (Å²) in [4.78, 5) is 11.0. The zero-order valence-electron chi connectivity index (χ0n) is 7.35. The van der Waals surface area contributed by atoms with Gasteiger partial charge in [0.15, 0.2) is 5.78 Å². The van der Waals surface area contributed by atoms with Crippen LogP contribution >= 0.6 is 0 Å². The number of nitrogens with one attached hydrogen (secondary N) is 1. The lowest BCUT2D eigenvalue weighted by atomic mass is 9.83. The molecule has 1 atom stereocenters. The Morgan fingerprint density at radius 1 is 1.55 bits per heavy atom. The van der Waals surface area contributed by atoms with Gasteiger partial charge in [-0.15, -0.1) is 0 Å². The first-order valence-corrected chi connectivity index (χ1v) is 3.95. The maximum Gasteiger partial charge on any atom is 0.159 e. The minimum absolute atomic E-state index is 0.167. The van der Waals surface area contributed by atoms with Crippen LogP contribution in [0.3, 0.4) is 0 Å². The van der Waals surface area contributed by atoms with Gasteiger partial charge >= 0.3 is 0 Å². The second-order valence-electron chi connectivity index (χ2n) is 4.09. The van der Waals surface area contributed by atoms with Crippen LogP contribution in [-0.4, -0.2) is 11.8 Å².